The molecule has 1 saturated heterocycles. The molecule has 1 fully saturated rings. The summed E-state index contributed by atoms with van der Waals surface area (Å²) in [5, 5.41) is 3.00. The molecule has 0 bridgehead atoms. The molecule has 0 spiro atoms. The number of urea groups is 1. The summed E-state index contributed by atoms with van der Waals surface area (Å²) in [6.45, 7) is 9.90. The Bertz CT molecular complexity index is 473. The Morgan fingerprint density at radius 2 is 1.88 bits per heavy atom. The third-order valence-electron chi connectivity index (χ3n) is 4.56. The Morgan fingerprint density at radius 3 is 2.50 bits per heavy atom. The summed E-state index contributed by atoms with van der Waals surface area (Å²) in [7, 11) is 0. The maximum Gasteiger partial charge on any atom is 0.317 e. The van der Waals surface area contributed by atoms with Crippen LogP contribution in [-0.2, 0) is 11.2 Å². The second-order valence-electron chi connectivity index (χ2n) is 6.24. The summed E-state index contributed by atoms with van der Waals surface area (Å²) in [5.41, 5.74) is 1.37. The van der Waals surface area contributed by atoms with E-state index in [2.05, 4.69) is 47.5 Å². The number of nitrogens with zero attached hydrogens (tertiary/aromatic N) is 2. The molecule has 0 saturated carbocycles. The van der Waals surface area contributed by atoms with Crippen LogP contribution in [0.2, 0.25) is 0 Å². The van der Waals surface area contributed by atoms with Gasteiger partial charge in [-0.25, -0.2) is 4.79 Å². The van der Waals surface area contributed by atoms with Crippen LogP contribution in [0, 0.1) is 0 Å². The summed E-state index contributed by atoms with van der Waals surface area (Å²) in [4.78, 5) is 16.6. The maximum absolute atomic E-state index is 12.2. The fourth-order valence-corrected chi connectivity index (χ4v) is 2.98. The molecule has 1 aliphatic heterocycles. The molecule has 1 aromatic rings. The van der Waals surface area contributed by atoms with Gasteiger partial charge in [-0.3, -0.25) is 4.90 Å². The fraction of sp³-hybridized carbons (Fsp3) is 0.632. The fourth-order valence-electron chi connectivity index (χ4n) is 2.98. The second kappa shape index (κ2) is 10.3. The Hall–Kier alpha value is -1.59. The van der Waals surface area contributed by atoms with E-state index in [1.54, 1.807) is 0 Å². The van der Waals surface area contributed by atoms with Crippen LogP contribution in [0.25, 0.3) is 0 Å². The quantitative estimate of drug-likeness (QED) is 0.794. The minimum Gasteiger partial charge on any atom is -0.377 e. The van der Waals surface area contributed by atoms with Crippen molar-refractivity contribution in [3.63, 3.8) is 0 Å². The van der Waals surface area contributed by atoms with Crippen LogP contribution in [0.1, 0.15) is 25.8 Å². The number of hydrogen-bond donors (Lipinski definition) is 1. The van der Waals surface area contributed by atoms with Gasteiger partial charge in [0.1, 0.15) is 0 Å². The second-order valence-corrected chi connectivity index (χ2v) is 6.24. The van der Waals surface area contributed by atoms with Gasteiger partial charge in [0.15, 0.2) is 0 Å². The summed E-state index contributed by atoms with van der Waals surface area (Å²) in [6.07, 6.45) is 2.10. The first-order valence-corrected chi connectivity index (χ1v) is 9.13. The van der Waals surface area contributed by atoms with E-state index in [-0.39, 0.29) is 12.1 Å². The SMILES string of the molecule is CCOC(CC)CNC(=O)N1CCN(CCc2ccccc2)CC1. The van der Waals surface area contributed by atoms with Crippen molar-refractivity contribution in [2.45, 2.75) is 32.8 Å². The number of benzene rings is 1. The molecule has 1 aromatic carbocycles. The van der Waals surface area contributed by atoms with Crippen molar-refractivity contribution in [1.29, 1.82) is 0 Å². The van der Waals surface area contributed by atoms with Crippen molar-refractivity contribution in [3.05, 3.63) is 35.9 Å². The number of rotatable bonds is 8. The van der Waals surface area contributed by atoms with Crippen LogP contribution in [0.4, 0.5) is 4.79 Å². The Balaban J connectivity index is 1.65. The van der Waals surface area contributed by atoms with Crippen LogP contribution in [-0.4, -0.2) is 67.8 Å². The van der Waals surface area contributed by atoms with Gasteiger partial charge in [0.25, 0.3) is 0 Å². The first-order valence-electron chi connectivity index (χ1n) is 9.13. The average molecular weight is 333 g/mol. The Kier molecular flexibility index (Phi) is 8.05. The minimum atomic E-state index is 0.0378. The number of hydrogen-bond acceptors (Lipinski definition) is 3. The van der Waals surface area contributed by atoms with Crippen molar-refractivity contribution < 1.29 is 9.53 Å². The van der Waals surface area contributed by atoms with Crippen molar-refractivity contribution in [2.75, 3.05) is 45.9 Å². The molecule has 5 heteroatoms. The molecule has 134 valence electrons. The van der Waals surface area contributed by atoms with Crippen molar-refractivity contribution in [2.24, 2.45) is 0 Å². The summed E-state index contributed by atoms with van der Waals surface area (Å²) in [5.74, 6) is 0. The van der Waals surface area contributed by atoms with E-state index in [1.165, 1.54) is 5.56 Å². The van der Waals surface area contributed by atoms with Crippen LogP contribution in [0.15, 0.2) is 30.3 Å². The van der Waals surface area contributed by atoms with E-state index in [0.717, 1.165) is 45.6 Å². The van der Waals surface area contributed by atoms with Gasteiger partial charge in [-0.2, -0.15) is 0 Å². The zero-order valence-corrected chi connectivity index (χ0v) is 15.0. The standard InChI is InChI=1S/C19H31N3O2/c1-3-18(24-4-2)16-20-19(23)22-14-12-21(13-15-22)11-10-17-8-6-5-7-9-17/h5-9,18H,3-4,10-16H2,1-2H3,(H,20,23). The first-order chi connectivity index (χ1) is 11.7. The summed E-state index contributed by atoms with van der Waals surface area (Å²) >= 11 is 0. The monoisotopic (exact) mass is 333 g/mol. The van der Waals surface area contributed by atoms with E-state index in [0.29, 0.717) is 13.2 Å². The van der Waals surface area contributed by atoms with E-state index in [1.807, 2.05) is 11.8 Å². The lowest BCUT2D eigenvalue weighted by Crippen LogP contribution is -2.52. The number of carbonyl (C=O) groups excluding carboxylic acids is 1. The number of amides is 2. The number of piperazine rings is 1. The van der Waals surface area contributed by atoms with Gasteiger partial charge >= 0.3 is 6.03 Å². The largest absolute Gasteiger partial charge is 0.377 e. The molecule has 1 atom stereocenters. The lowest BCUT2D eigenvalue weighted by molar-refractivity contribution is 0.0596. The van der Waals surface area contributed by atoms with Gasteiger partial charge in [-0.15, -0.1) is 0 Å². The van der Waals surface area contributed by atoms with Gasteiger partial charge in [-0.05, 0) is 25.3 Å². The zero-order valence-electron chi connectivity index (χ0n) is 15.0. The van der Waals surface area contributed by atoms with Gasteiger partial charge in [0.2, 0.25) is 0 Å². The highest BCUT2D eigenvalue weighted by Crippen LogP contribution is 2.06. The van der Waals surface area contributed by atoms with Gasteiger partial charge in [0.05, 0.1) is 6.10 Å². The molecule has 2 amide bonds. The molecule has 1 unspecified atom stereocenters. The highest BCUT2D eigenvalue weighted by molar-refractivity contribution is 5.74. The molecule has 1 aliphatic rings. The summed E-state index contributed by atoms with van der Waals surface area (Å²) in [6, 6.07) is 10.6. The van der Waals surface area contributed by atoms with E-state index in [9.17, 15) is 4.79 Å². The maximum atomic E-state index is 12.2. The lowest BCUT2D eigenvalue weighted by Gasteiger charge is -2.35. The minimum absolute atomic E-state index is 0.0378. The third-order valence-corrected chi connectivity index (χ3v) is 4.56. The normalized spacial score (nSPS) is 16.8. The van der Waals surface area contributed by atoms with E-state index < -0.39 is 0 Å². The molecular formula is C19H31N3O2. The number of carbonyl (C=O) groups is 1. The Labute approximate surface area is 146 Å². The third kappa shape index (κ3) is 6.13. The molecule has 1 N–H and O–H groups in total. The molecule has 0 radical (unpaired) electrons. The van der Waals surface area contributed by atoms with Gasteiger partial charge < -0.3 is 15.0 Å². The molecule has 0 aromatic heterocycles. The van der Waals surface area contributed by atoms with Crippen molar-refractivity contribution in [3.8, 4) is 0 Å². The number of ether oxygens (including phenoxy) is 1. The van der Waals surface area contributed by atoms with Crippen LogP contribution >= 0.6 is 0 Å². The zero-order chi connectivity index (χ0) is 17.2. The topological polar surface area (TPSA) is 44.8 Å². The predicted molar refractivity (Wildman–Crippen MR) is 97.3 cm³/mol. The molecule has 1 heterocycles. The van der Waals surface area contributed by atoms with E-state index >= 15 is 0 Å². The van der Waals surface area contributed by atoms with Crippen molar-refractivity contribution >= 4 is 6.03 Å². The highest BCUT2D eigenvalue weighted by atomic mass is 16.5. The molecule has 24 heavy (non-hydrogen) atoms. The van der Waals surface area contributed by atoms with Crippen LogP contribution in [0.3, 0.4) is 0 Å². The molecule has 5 nitrogen and oxygen atoms in total. The van der Waals surface area contributed by atoms with Gasteiger partial charge in [-0.1, -0.05) is 37.3 Å². The van der Waals surface area contributed by atoms with Gasteiger partial charge in [0, 0.05) is 45.9 Å². The van der Waals surface area contributed by atoms with Crippen LogP contribution in [0.5, 0.6) is 0 Å². The highest BCUT2D eigenvalue weighted by Gasteiger charge is 2.21. The smallest absolute Gasteiger partial charge is 0.317 e. The first kappa shape index (κ1) is 18.7. The predicted octanol–water partition coefficient (Wildman–Crippen LogP) is 2.37. The summed E-state index contributed by atoms with van der Waals surface area (Å²) < 4.78 is 5.58. The Morgan fingerprint density at radius 1 is 1.17 bits per heavy atom. The van der Waals surface area contributed by atoms with E-state index in [4.69, 9.17) is 4.74 Å². The average Bonchev–Trinajstić information content (AvgIpc) is 2.64. The van der Waals surface area contributed by atoms with Crippen molar-refractivity contribution in [1.82, 2.24) is 15.1 Å². The molecular weight excluding hydrogens is 302 g/mol. The molecule has 0 aliphatic carbocycles. The lowest BCUT2D eigenvalue weighted by atomic mass is 10.1. The number of nitrogens with one attached hydrogen (secondary N) is 1. The molecule has 2 rings (SSSR count). The van der Waals surface area contributed by atoms with Crippen LogP contribution < -0.4 is 5.32 Å².